The molecular formula is C28H31N3O8S2. The molecule has 11 nitrogen and oxygen atoms in total. The summed E-state index contributed by atoms with van der Waals surface area (Å²) in [5.41, 5.74) is 2.53. The zero-order chi connectivity index (χ0) is 29.7. The van der Waals surface area contributed by atoms with Crippen molar-refractivity contribution in [3.05, 3.63) is 71.0 Å². The predicted octanol–water partition coefficient (Wildman–Crippen LogP) is 3.78. The second kappa shape index (κ2) is 12.8. The Labute approximate surface area is 240 Å². The van der Waals surface area contributed by atoms with Crippen molar-refractivity contribution in [2.24, 2.45) is 0 Å². The molecular weight excluding hydrogens is 570 g/mol. The summed E-state index contributed by atoms with van der Waals surface area (Å²) in [5, 5.41) is 8.79. The number of imidazole rings is 1. The van der Waals surface area contributed by atoms with Gasteiger partial charge in [0, 0.05) is 31.9 Å². The van der Waals surface area contributed by atoms with Crippen LogP contribution in [0.4, 0.5) is 0 Å². The van der Waals surface area contributed by atoms with Crippen LogP contribution in [0, 0.1) is 20.8 Å². The molecule has 13 heteroatoms. The number of carbonyl (C=O) groups is 1. The van der Waals surface area contributed by atoms with Crippen molar-refractivity contribution in [2.75, 3.05) is 26.9 Å². The number of para-hydroxylation sites is 2. The van der Waals surface area contributed by atoms with Crippen LogP contribution in [-0.4, -0.2) is 64.6 Å². The van der Waals surface area contributed by atoms with E-state index in [1.807, 2.05) is 6.92 Å². The number of carboxylic acids is 1. The number of aryl methyl sites for hydroxylation is 2. The van der Waals surface area contributed by atoms with Gasteiger partial charge in [0.2, 0.25) is 5.16 Å². The van der Waals surface area contributed by atoms with Crippen LogP contribution in [0.15, 0.2) is 58.7 Å². The van der Waals surface area contributed by atoms with Crippen LogP contribution >= 0.6 is 0 Å². The van der Waals surface area contributed by atoms with E-state index < -0.39 is 33.4 Å². The number of benzene rings is 2. The van der Waals surface area contributed by atoms with E-state index >= 15 is 0 Å². The first-order valence-electron chi connectivity index (χ1n) is 12.7. The highest BCUT2D eigenvalue weighted by molar-refractivity contribution is 7.91. The highest BCUT2D eigenvalue weighted by Gasteiger charge is 2.30. The van der Waals surface area contributed by atoms with Gasteiger partial charge in [0.15, 0.2) is 6.61 Å². The summed E-state index contributed by atoms with van der Waals surface area (Å²) in [6.07, 6.45) is 2.26. The van der Waals surface area contributed by atoms with Gasteiger partial charge in [0.1, 0.15) is 11.5 Å². The second-order valence-electron chi connectivity index (χ2n) is 9.29. The molecule has 0 amide bonds. The maximum absolute atomic E-state index is 14.2. The topological polar surface area (TPSA) is 147 Å². The van der Waals surface area contributed by atoms with Gasteiger partial charge in [-0.2, -0.15) is 0 Å². The molecule has 0 spiro atoms. The fourth-order valence-electron chi connectivity index (χ4n) is 4.43. The summed E-state index contributed by atoms with van der Waals surface area (Å²) in [7, 11) is -4.59. The number of aromatic nitrogens is 3. The molecule has 0 bridgehead atoms. The Morgan fingerprint density at radius 1 is 1.05 bits per heavy atom. The van der Waals surface area contributed by atoms with E-state index in [1.54, 1.807) is 57.5 Å². The van der Waals surface area contributed by atoms with E-state index in [2.05, 4.69) is 9.97 Å². The third-order valence-electron chi connectivity index (χ3n) is 6.27. The molecule has 0 fully saturated rings. The lowest BCUT2D eigenvalue weighted by molar-refractivity contribution is -0.139. The van der Waals surface area contributed by atoms with Crippen molar-refractivity contribution in [2.45, 2.75) is 43.0 Å². The SMILES string of the molecule is COCCCOc1ccnc(CS(=O)c2nc3ccccc3n2S(=O)(=O)c2c(C)cc(OCC(=O)O)cc2C)c1C. The fraction of sp³-hybridized carbons (Fsp3) is 0.321. The summed E-state index contributed by atoms with van der Waals surface area (Å²) in [6, 6.07) is 11.3. The first-order valence-corrected chi connectivity index (χ1v) is 15.4. The van der Waals surface area contributed by atoms with Gasteiger partial charge in [0.05, 0.1) is 44.8 Å². The molecule has 0 aliphatic carbocycles. The van der Waals surface area contributed by atoms with Crippen LogP contribution in [0.2, 0.25) is 0 Å². The number of methoxy groups -OCH3 is 1. The van der Waals surface area contributed by atoms with Crippen molar-refractivity contribution in [1.82, 2.24) is 13.9 Å². The Balaban J connectivity index is 1.74. The van der Waals surface area contributed by atoms with E-state index in [-0.39, 0.29) is 27.1 Å². The van der Waals surface area contributed by atoms with E-state index in [0.717, 1.165) is 3.97 Å². The van der Waals surface area contributed by atoms with E-state index in [0.29, 0.717) is 53.3 Å². The minimum absolute atomic E-state index is 0.0117. The minimum atomic E-state index is -4.30. The number of hydrogen-bond donors (Lipinski definition) is 1. The summed E-state index contributed by atoms with van der Waals surface area (Å²) in [5.74, 6) is -0.408. The fourth-order valence-corrected chi connectivity index (χ4v) is 7.90. The van der Waals surface area contributed by atoms with Gasteiger partial charge in [-0.1, -0.05) is 12.1 Å². The standard InChI is InChI=1S/C28H31N3O8S2/c1-18-14-21(39-16-26(32)33)15-19(2)27(18)41(35,36)31-24-9-6-5-8-22(24)30-28(31)40(34)17-23-20(3)25(10-11-29-23)38-13-7-12-37-4/h5-6,8-11,14-15H,7,12-13,16-17H2,1-4H3,(H,32,33). The Bertz CT molecular complexity index is 1690. The van der Waals surface area contributed by atoms with E-state index in [9.17, 15) is 17.4 Å². The number of nitrogens with zero attached hydrogens (tertiary/aromatic N) is 3. The molecule has 0 aliphatic heterocycles. The molecule has 1 atom stereocenters. The third-order valence-corrected chi connectivity index (χ3v) is 9.61. The zero-order valence-electron chi connectivity index (χ0n) is 23.1. The average molecular weight is 602 g/mol. The van der Waals surface area contributed by atoms with Crippen LogP contribution in [0.25, 0.3) is 11.0 Å². The predicted molar refractivity (Wildman–Crippen MR) is 152 cm³/mol. The largest absolute Gasteiger partial charge is 0.493 e. The first kappa shape index (κ1) is 30.2. The van der Waals surface area contributed by atoms with Crippen molar-refractivity contribution in [1.29, 1.82) is 0 Å². The smallest absolute Gasteiger partial charge is 0.341 e. The monoisotopic (exact) mass is 601 g/mol. The highest BCUT2D eigenvalue weighted by atomic mass is 32.2. The number of pyridine rings is 1. The number of fused-ring (bicyclic) bond motifs is 1. The summed E-state index contributed by atoms with van der Waals surface area (Å²) in [4.78, 5) is 19.8. The van der Waals surface area contributed by atoms with Crippen molar-refractivity contribution >= 4 is 37.8 Å². The van der Waals surface area contributed by atoms with Crippen LogP contribution < -0.4 is 9.47 Å². The molecule has 1 unspecified atom stereocenters. The molecule has 2 heterocycles. The van der Waals surface area contributed by atoms with Crippen molar-refractivity contribution in [3.63, 3.8) is 0 Å². The van der Waals surface area contributed by atoms with Crippen LogP contribution in [0.5, 0.6) is 11.5 Å². The molecule has 4 aromatic rings. The third kappa shape index (κ3) is 6.58. The van der Waals surface area contributed by atoms with Crippen molar-refractivity contribution < 1.29 is 36.7 Å². The van der Waals surface area contributed by atoms with Crippen LogP contribution in [0.3, 0.4) is 0 Å². The van der Waals surface area contributed by atoms with Gasteiger partial charge in [-0.25, -0.2) is 22.2 Å². The van der Waals surface area contributed by atoms with Gasteiger partial charge in [-0.15, -0.1) is 0 Å². The van der Waals surface area contributed by atoms with E-state index in [1.165, 1.54) is 12.1 Å². The number of hydrogen-bond acceptors (Lipinski definition) is 9. The van der Waals surface area contributed by atoms with E-state index in [4.69, 9.17) is 19.3 Å². The Kier molecular flexibility index (Phi) is 9.41. The number of aliphatic carboxylic acids is 1. The molecule has 41 heavy (non-hydrogen) atoms. The molecule has 0 radical (unpaired) electrons. The summed E-state index contributed by atoms with van der Waals surface area (Å²) < 4.78 is 59.4. The first-order chi connectivity index (χ1) is 19.5. The molecule has 0 saturated carbocycles. The Hall–Kier alpha value is -3.81. The molecule has 2 aromatic heterocycles. The van der Waals surface area contributed by atoms with Crippen LogP contribution in [-0.2, 0) is 36.1 Å². The van der Waals surface area contributed by atoms with Crippen molar-refractivity contribution in [3.8, 4) is 11.5 Å². The average Bonchev–Trinajstić information content (AvgIpc) is 3.32. The van der Waals surface area contributed by atoms with Gasteiger partial charge in [-0.3, -0.25) is 9.19 Å². The minimum Gasteiger partial charge on any atom is -0.493 e. The number of carboxylic acid groups (broad SMARTS) is 1. The molecule has 0 saturated heterocycles. The lowest BCUT2D eigenvalue weighted by Gasteiger charge is -2.16. The second-order valence-corrected chi connectivity index (χ2v) is 12.4. The quantitative estimate of drug-likeness (QED) is 0.225. The molecule has 218 valence electrons. The van der Waals surface area contributed by atoms with Gasteiger partial charge in [-0.05, 0) is 62.2 Å². The molecule has 2 aromatic carbocycles. The lowest BCUT2D eigenvalue weighted by Crippen LogP contribution is -2.20. The normalized spacial score (nSPS) is 12.4. The summed E-state index contributed by atoms with van der Waals surface area (Å²) >= 11 is 0. The molecule has 4 rings (SSSR count). The maximum Gasteiger partial charge on any atom is 0.341 e. The molecule has 1 N–H and O–H groups in total. The van der Waals surface area contributed by atoms with Gasteiger partial charge in [0.25, 0.3) is 10.0 Å². The zero-order valence-corrected chi connectivity index (χ0v) is 24.8. The van der Waals surface area contributed by atoms with Crippen LogP contribution in [0.1, 0.15) is 28.8 Å². The molecule has 0 aliphatic rings. The lowest BCUT2D eigenvalue weighted by atomic mass is 10.1. The Morgan fingerprint density at radius 2 is 1.76 bits per heavy atom. The summed E-state index contributed by atoms with van der Waals surface area (Å²) in [6.45, 7) is 5.43. The number of ether oxygens (including phenoxy) is 3. The highest BCUT2D eigenvalue weighted by Crippen LogP contribution is 2.32. The maximum atomic E-state index is 14.2. The van der Waals surface area contributed by atoms with Gasteiger partial charge >= 0.3 is 5.97 Å². The number of rotatable bonds is 13. The Morgan fingerprint density at radius 3 is 2.44 bits per heavy atom. The van der Waals surface area contributed by atoms with Gasteiger partial charge < -0.3 is 19.3 Å².